The molecule has 0 amide bonds. The Kier molecular flexibility index (Phi) is 3.57. The van der Waals surface area contributed by atoms with Crippen LogP contribution in [-0.2, 0) is 7.05 Å². The molecular weight excluding hydrogens is 230 g/mol. The number of thioether (sulfide) groups is 1. The molecule has 1 heterocycles. The number of hydrogen-bond acceptors (Lipinski definition) is 2. The number of aryl methyl sites for hydroxylation is 1. The number of para-hydroxylation sites is 1. The molecule has 0 fully saturated rings. The maximum Gasteiger partial charge on any atom is 0.174 e. The molecule has 1 aromatic carbocycles. The summed E-state index contributed by atoms with van der Waals surface area (Å²) in [5.74, 6) is 0.784. The fraction of sp³-hybridized carbons (Fsp3) is 0.357. The van der Waals surface area contributed by atoms with Crippen LogP contribution < -0.4 is 0 Å². The lowest BCUT2D eigenvalue weighted by Crippen LogP contribution is -2.04. The van der Waals surface area contributed by atoms with Crippen molar-refractivity contribution in [2.75, 3.05) is 5.75 Å². The standard InChI is InChI=1S/C14H17NOS/c1-10(2)17-9-14(16)12-8-15(3)13-7-5-4-6-11(12)13/h4-8,10H,9H2,1-3H3. The van der Waals surface area contributed by atoms with Gasteiger partial charge in [-0.05, 0) is 11.3 Å². The predicted octanol–water partition coefficient (Wildman–Crippen LogP) is 3.50. The van der Waals surface area contributed by atoms with E-state index in [1.807, 2.05) is 42.1 Å². The fourth-order valence-electron chi connectivity index (χ4n) is 1.88. The number of ketones is 1. The third kappa shape index (κ3) is 2.55. The SMILES string of the molecule is CC(C)SCC(=O)c1cn(C)c2ccccc12. The molecular formula is C14H17NOS. The zero-order chi connectivity index (χ0) is 12.4. The van der Waals surface area contributed by atoms with Gasteiger partial charge in [0.15, 0.2) is 5.78 Å². The Labute approximate surface area is 106 Å². The lowest BCUT2D eigenvalue weighted by molar-refractivity contribution is 0.102. The molecule has 1 aromatic heterocycles. The smallest absolute Gasteiger partial charge is 0.174 e. The van der Waals surface area contributed by atoms with Crippen LogP contribution in [0.1, 0.15) is 24.2 Å². The summed E-state index contributed by atoms with van der Waals surface area (Å²) < 4.78 is 2.02. The maximum absolute atomic E-state index is 12.1. The fourth-order valence-corrected chi connectivity index (χ4v) is 2.52. The van der Waals surface area contributed by atoms with Crippen LogP contribution in [0.25, 0.3) is 10.9 Å². The topological polar surface area (TPSA) is 22.0 Å². The normalized spacial score (nSPS) is 11.3. The average molecular weight is 247 g/mol. The highest BCUT2D eigenvalue weighted by Crippen LogP contribution is 2.22. The van der Waals surface area contributed by atoms with Crippen LogP contribution in [0, 0.1) is 0 Å². The van der Waals surface area contributed by atoms with Crippen molar-refractivity contribution in [2.24, 2.45) is 7.05 Å². The Balaban J connectivity index is 2.32. The van der Waals surface area contributed by atoms with Gasteiger partial charge >= 0.3 is 0 Å². The third-order valence-corrected chi connectivity index (χ3v) is 3.84. The number of benzene rings is 1. The van der Waals surface area contributed by atoms with Crippen LogP contribution in [0.15, 0.2) is 30.5 Å². The van der Waals surface area contributed by atoms with Crippen molar-refractivity contribution in [2.45, 2.75) is 19.1 Å². The molecule has 0 bridgehead atoms. The van der Waals surface area contributed by atoms with E-state index in [9.17, 15) is 4.79 Å². The lowest BCUT2D eigenvalue weighted by atomic mass is 10.1. The van der Waals surface area contributed by atoms with Crippen molar-refractivity contribution in [1.82, 2.24) is 4.57 Å². The van der Waals surface area contributed by atoms with Gasteiger partial charge in [-0.25, -0.2) is 0 Å². The molecule has 0 aliphatic heterocycles. The largest absolute Gasteiger partial charge is 0.350 e. The van der Waals surface area contributed by atoms with Crippen LogP contribution >= 0.6 is 11.8 Å². The van der Waals surface area contributed by atoms with Crippen molar-refractivity contribution in [1.29, 1.82) is 0 Å². The molecule has 0 aliphatic rings. The van der Waals surface area contributed by atoms with Gasteiger partial charge in [-0.2, -0.15) is 11.8 Å². The van der Waals surface area contributed by atoms with E-state index in [2.05, 4.69) is 13.8 Å². The Hall–Kier alpha value is -1.22. The van der Waals surface area contributed by atoms with Crippen LogP contribution in [0.5, 0.6) is 0 Å². The number of Topliss-reactive ketones (excluding diaryl/α,β-unsaturated/α-hetero) is 1. The monoisotopic (exact) mass is 247 g/mol. The minimum Gasteiger partial charge on any atom is -0.350 e. The quantitative estimate of drug-likeness (QED) is 0.771. The lowest BCUT2D eigenvalue weighted by Gasteiger charge is -2.02. The van der Waals surface area contributed by atoms with Crippen molar-refractivity contribution in [3.8, 4) is 0 Å². The van der Waals surface area contributed by atoms with E-state index >= 15 is 0 Å². The van der Waals surface area contributed by atoms with Gasteiger partial charge in [-0.15, -0.1) is 0 Å². The first kappa shape index (κ1) is 12.2. The minimum atomic E-state index is 0.223. The highest BCUT2D eigenvalue weighted by atomic mass is 32.2. The number of carbonyl (C=O) groups is 1. The van der Waals surface area contributed by atoms with Crippen molar-refractivity contribution >= 4 is 28.4 Å². The summed E-state index contributed by atoms with van der Waals surface area (Å²) in [5, 5.41) is 1.55. The Morgan fingerprint density at radius 1 is 1.35 bits per heavy atom. The van der Waals surface area contributed by atoms with E-state index in [0.717, 1.165) is 16.5 Å². The van der Waals surface area contributed by atoms with E-state index < -0.39 is 0 Å². The molecule has 0 aliphatic carbocycles. The molecule has 0 spiro atoms. The Morgan fingerprint density at radius 3 is 2.76 bits per heavy atom. The minimum absolute atomic E-state index is 0.223. The second kappa shape index (κ2) is 4.96. The zero-order valence-corrected chi connectivity index (χ0v) is 11.3. The van der Waals surface area contributed by atoms with Crippen molar-refractivity contribution in [3.63, 3.8) is 0 Å². The predicted molar refractivity (Wildman–Crippen MR) is 74.8 cm³/mol. The zero-order valence-electron chi connectivity index (χ0n) is 10.4. The number of hydrogen-bond donors (Lipinski definition) is 0. The van der Waals surface area contributed by atoms with Gasteiger partial charge in [0.05, 0.1) is 5.75 Å². The molecule has 0 saturated carbocycles. The number of nitrogens with zero attached hydrogens (tertiary/aromatic N) is 1. The van der Waals surface area contributed by atoms with Gasteiger partial charge in [-0.1, -0.05) is 32.0 Å². The Morgan fingerprint density at radius 2 is 2.06 bits per heavy atom. The first-order valence-electron chi connectivity index (χ1n) is 5.78. The molecule has 17 heavy (non-hydrogen) atoms. The number of fused-ring (bicyclic) bond motifs is 1. The van der Waals surface area contributed by atoms with Gasteiger partial charge < -0.3 is 4.57 Å². The van der Waals surface area contributed by atoms with Crippen LogP contribution in [0.2, 0.25) is 0 Å². The average Bonchev–Trinajstić information content (AvgIpc) is 2.65. The second-order valence-corrected chi connectivity index (χ2v) is 6.02. The summed E-state index contributed by atoms with van der Waals surface area (Å²) in [4.78, 5) is 12.1. The third-order valence-electron chi connectivity index (χ3n) is 2.75. The van der Waals surface area contributed by atoms with E-state index in [1.54, 1.807) is 11.8 Å². The summed E-state index contributed by atoms with van der Waals surface area (Å²) >= 11 is 1.69. The second-order valence-electron chi connectivity index (χ2n) is 4.45. The summed E-state index contributed by atoms with van der Waals surface area (Å²) in [6.07, 6.45) is 1.94. The highest BCUT2D eigenvalue weighted by molar-refractivity contribution is 8.00. The summed E-state index contributed by atoms with van der Waals surface area (Å²) in [5.41, 5.74) is 1.96. The van der Waals surface area contributed by atoms with Gasteiger partial charge in [-0.3, -0.25) is 4.79 Å². The Bertz CT molecular complexity index is 542. The molecule has 0 unspecified atom stereocenters. The summed E-state index contributed by atoms with van der Waals surface area (Å²) in [6, 6.07) is 8.04. The van der Waals surface area contributed by atoms with Crippen LogP contribution in [0.4, 0.5) is 0 Å². The van der Waals surface area contributed by atoms with Crippen LogP contribution in [-0.4, -0.2) is 21.4 Å². The maximum atomic E-state index is 12.1. The van der Waals surface area contributed by atoms with Gasteiger partial charge in [0.25, 0.3) is 0 Å². The van der Waals surface area contributed by atoms with E-state index in [-0.39, 0.29) is 5.78 Å². The number of carbonyl (C=O) groups excluding carboxylic acids is 1. The first-order chi connectivity index (χ1) is 8.09. The van der Waals surface area contributed by atoms with Gasteiger partial charge in [0.1, 0.15) is 0 Å². The van der Waals surface area contributed by atoms with Crippen molar-refractivity contribution in [3.05, 3.63) is 36.0 Å². The van der Waals surface area contributed by atoms with E-state index in [4.69, 9.17) is 0 Å². The van der Waals surface area contributed by atoms with E-state index in [0.29, 0.717) is 11.0 Å². The number of rotatable bonds is 4. The molecule has 2 nitrogen and oxygen atoms in total. The molecule has 0 radical (unpaired) electrons. The first-order valence-corrected chi connectivity index (χ1v) is 6.83. The highest BCUT2D eigenvalue weighted by Gasteiger charge is 2.13. The number of aromatic nitrogens is 1. The molecule has 90 valence electrons. The van der Waals surface area contributed by atoms with E-state index in [1.165, 1.54) is 0 Å². The molecule has 2 aromatic rings. The van der Waals surface area contributed by atoms with Crippen molar-refractivity contribution < 1.29 is 4.79 Å². The molecule has 0 atom stereocenters. The van der Waals surface area contributed by atoms with Gasteiger partial charge in [0, 0.05) is 29.7 Å². The molecule has 0 saturated heterocycles. The van der Waals surface area contributed by atoms with Crippen LogP contribution in [0.3, 0.4) is 0 Å². The molecule has 0 N–H and O–H groups in total. The van der Waals surface area contributed by atoms with Gasteiger partial charge in [0.2, 0.25) is 0 Å². The molecule has 2 rings (SSSR count). The molecule has 3 heteroatoms. The summed E-state index contributed by atoms with van der Waals surface area (Å²) in [6.45, 7) is 4.22. The summed E-state index contributed by atoms with van der Waals surface area (Å²) in [7, 11) is 1.98.